The second kappa shape index (κ2) is 9.78. The average molecular weight is 521 g/mol. The van der Waals surface area contributed by atoms with Crippen molar-refractivity contribution < 1.29 is 14.6 Å². The van der Waals surface area contributed by atoms with Gasteiger partial charge in [0.15, 0.2) is 11.4 Å². The number of hydrogen-bond donors (Lipinski definition) is 1. The van der Waals surface area contributed by atoms with Crippen LogP contribution < -0.4 is 9.47 Å². The third-order valence-corrected chi connectivity index (χ3v) is 6.71. The number of aliphatic hydroxyl groups is 1. The van der Waals surface area contributed by atoms with Gasteiger partial charge in [-0.1, -0.05) is 47.5 Å². The van der Waals surface area contributed by atoms with Crippen LogP contribution in [0.3, 0.4) is 0 Å². The Morgan fingerprint density at radius 2 is 1.69 bits per heavy atom. The fraction of sp³-hybridized carbons (Fsp3) is 0.148. The predicted molar refractivity (Wildman–Crippen MR) is 141 cm³/mol. The normalized spacial score (nSPS) is 11.2. The number of hydrogen-bond acceptors (Lipinski definition) is 6. The number of aliphatic hydroxyl groups excluding tert-OH is 1. The summed E-state index contributed by atoms with van der Waals surface area (Å²) in [7, 11) is 3.16. The van der Waals surface area contributed by atoms with E-state index in [0.29, 0.717) is 44.4 Å². The van der Waals surface area contributed by atoms with Gasteiger partial charge < -0.3 is 19.0 Å². The molecule has 0 saturated carbocycles. The lowest BCUT2D eigenvalue weighted by atomic mass is 10.00. The number of aryl methyl sites for hydroxylation is 1. The molecule has 36 heavy (non-hydrogen) atoms. The quantitative estimate of drug-likeness (QED) is 0.285. The number of imidazole rings is 1. The molecule has 0 aliphatic heterocycles. The molecule has 1 N–H and O–H groups in total. The maximum absolute atomic E-state index is 9.49. The molecule has 4 aromatic heterocycles. The van der Waals surface area contributed by atoms with Crippen LogP contribution in [0.2, 0.25) is 10.0 Å². The van der Waals surface area contributed by atoms with E-state index in [9.17, 15) is 5.11 Å². The molecule has 0 amide bonds. The van der Waals surface area contributed by atoms with Gasteiger partial charge in [0, 0.05) is 46.4 Å². The first-order chi connectivity index (χ1) is 17.4. The van der Waals surface area contributed by atoms with E-state index in [-0.39, 0.29) is 6.61 Å². The molecule has 0 bridgehead atoms. The number of nitrogens with zero attached hydrogens (tertiary/aromatic N) is 4. The van der Waals surface area contributed by atoms with Gasteiger partial charge in [-0.15, -0.1) is 0 Å². The summed E-state index contributed by atoms with van der Waals surface area (Å²) in [5, 5.41) is 10.5. The van der Waals surface area contributed by atoms with Crippen molar-refractivity contribution in [3.05, 3.63) is 82.4 Å². The van der Waals surface area contributed by atoms with Crippen molar-refractivity contribution in [3.8, 4) is 45.3 Å². The van der Waals surface area contributed by atoms with Crippen LogP contribution >= 0.6 is 23.2 Å². The van der Waals surface area contributed by atoms with Crippen LogP contribution in [0.15, 0.2) is 61.1 Å². The van der Waals surface area contributed by atoms with Crippen molar-refractivity contribution in [2.45, 2.75) is 13.5 Å². The highest BCUT2D eigenvalue weighted by Gasteiger charge is 2.19. The van der Waals surface area contributed by atoms with Crippen molar-refractivity contribution in [2.75, 3.05) is 14.2 Å². The van der Waals surface area contributed by atoms with E-state index in [1.165, 1.54) is 0 Å². The third-order valence-electron chi connectivity index (χ3n) is 5.92. The minimum absolute atomic E-state index is 0.175. The number of halogens is 2. The van der Waals surface area contributed by atoms with Gasteiger partial charge in [0.05, 0.1) is 48.0 Å². The molecule has 182 valence electrons. The van der Waals surface area contributed by atoms with E-state index >= 15 is 0 Å². The van der Waals surface area contributed by atoms with Gasteiger partial charge >= 0.3 is 0 Å². The van der Waals surface area contributed by atoms with Crippen LogP contribution in [-0.4, -0.2) is 38.7 Å². The highest BCUT2D eigenvalue weighted by atomic mass is 35.5. The van der Waals surface area contributed by atoms with E-state index in [0.717, 1.165) is 27.8 Å². The summed E-state index contributed by atoms with van der Waals surface area (Å²) < 4.78 is 12.7. The van der Waals surface area contributed by atoms with Crippen LogP contribution in [-0.2, 0) is 6.61 Å². The van der Waals surface area contributed by atoms with Gasteiger partial charge in [-0.25, -0.2) is 9.97 Å². The van der Waals surface area contributed by atoms with Crippen molar-refractivity contribution >= 4 is 28.8 Å². The fourth-order valence-electron chi connectivity index (χ4n) is 4.13. The van der Waals surface area contributed by atoms with Gasteiger partial charge in [-0.2, -0.15) is 0 Å². The zero-order chi connectivity index (χ0) is 25.4. The van der Waals surface area contributed by atoms with Gasteiger partial charge in [0.1, 0.15) is 0 Å². The van der Waals surface area contributed by atoms with Crippen LogP contribution in [0.5, 0.6) is 11.6 Å². The molecule has 7 nitrogen and oxygen atoms in total. The molecule has 0 spiro atoms. The van der Waals surface area contributed by atoms with Crippen LogP contribution in [0.25, 0.3) is 39.3 Å². The predicted octanol–water partition coefficient (Wildman–Crippen LogP) is 6.25. The number of aromatic nitrogens is 4. The standard InChI is InChI=1S/C27H22Cl2N4O3/c1-15-7-8-21(32-27(15)36-3)20-6-4-5-18(23(20)28)19-9-10-30-25(24(19)29)16-11-22(35-2)26-31-17(14-34)13-33(26)12-16/h4-13,34H,14H2,1-3H3. The SMILES string of the molecule is COc1nc(-c2cccc(-c3ccnc(-c4cc(OC)c5nc(CO)cn5c4)c3Cl)c2Cl)ccc1C. The molecule has 4 heterocycles. The van der Waals surface area contributed by atoms with Crippen LogP contribution in [0.1, 0.15) is 11.3 Å². The Morgan fingerprint density at radius 3 is 2.44 bits per heavy atom. The second-order valence-electron chi connectivity index (χ2n) is 8.13. The average Bonchev–Trinajstić information content (AvgIpc) is 3.32. The molecule has 0 unspecified atom stereocenters. The zero-order valence-corrected chi connectivity index (χ0v) is 21.3. The summed E-state index contributed by atoms with van der Waals surface area (Å²) in [6.45, 7) is 1.76. The Hall–Kier alpha value is -3.65. The Morgan fingerprint density at radius 1 is 0.917 bits per heavy atom. The van der Waals surface area contributed by atoms with Crippen LogP contribution in [0, 0.1) is 6.92 Å². The monoisotopic (exact) mass is 520 g/mol. The second-order valence-corrected chi connectivity index (χ2v) is 8.89. The molecule has 5 aromatic rings. The van der Waals surface area contributed by atoms with Crippen molar-refractivity contribution in [1.29, 1.82) is 0 Å². The Labute approximate surface area is 217 Å². The van der Waals surface area contributed by atoms with E-state index in [1.807, 2.05) is 55.6 Å². The Kier molecular flexibility index (Phi) is 6.53. The summed E-state index contributed by atoms with van der Waals surface area (Å²) in [6.07, 6.45) is 5.28. The number of benzene rings is 1. The third kappa shape index (κ3) is 4.15. The first-order valence-corrected chi connectivity index (χ1v) is 11.8. The van der Waals surface area contributed by atoms with Gasteiger partial charge in [-0.05, 0) is 25.1 Å². The first-order valence-electron chi connectivity index (χ1n) is 11.1. The van der Waals surface area contributed by atoms with E-state index in [2.05, 4.69) is 15.0 Å². The number of fused-ring (bicyclic) bond motifs is 1. The molecular formula is C27H22Cl2N4O3. The number of rotatable bonds is 6. The van der Waals surface area contributed by atoms with Gasteiger partial charge in [-0.3, -0.25) is 4.98 Å². The van der Waals surface area contributed by atoms with Gasteiger partial charge in [0.25, 0.3) is 0 Å². The molecule has 0 atom stereocenters. The maximum atomic E-state index is 9.49. The minimum atomic E-state index is -0.175. The molecule has 0 saturated heterocycles. The highest BCUT2D eigenvalue weighted by molar-refractivity contribution is 6.39. The maximum Gasteiger partial charge on any atom is 0.216 e. The van der Waals surface area contributed by atoms with E-state index < -0.39 is 0 Å². The van der Waals surface area contributed by atoms with E-state index in [1.54, 1.807) is 31.0 Å². The molecule has 0 aliphatic rings. The molecule has 0 radical (unpaired) electrons. The highest BCUT2D eigenvalue weighted by Crippen LogP contribution is 2.42. The number of methoxy groups -OCH3 is 2. The Balaban J connectivity index is 1.64. The fourth-order valence-corrected chi connectivity index (χ4v) is 4.78. The topological polar surface area (TPSA) is 81.8 Å². The Bertz CT molecular complexity index is 1600. The first kappa shape index (κ1) is 24.1. The molecule has 9 heteroatoms. The van der Waals surface area contributed by atoms with Crippen LogP contribution in [0.4, 0.5) is 0 Å². The lowest BCUT2D eigenvalue weighted by Gasteiger charge is -2.14. The molecule has 0 fully saturated rings. The smallest absolute Gasteiger partial charge is 0.216 e. The lowest BCUT2D eigenvalue weighted by molar-refractivity contribution is 0.277. The van der Waals surface area contributed by atoms with Crippen molar-refractivity contribution in [2.24, 2.45) is 0 Å². The van der Waals surface area contributed by atoms with Crippen molar-refractivity contribution in [3.63, 3.8) is 0 Å². The van der Waals surface area contributed by atoms with Gasteiger partial charge in [0.2, 0.25) is 5.88 Å². The van der Waals surface area contributed by atoms with Crippen molar-refractivity contribution in [1.82, 2.24) is 19.4 Å². The largest absolute Gasteiger partial charge is 0.493 e. The zero-order valence-electron chi connectivity index (χ0n) is 19.8. The minimum Gasteiger partial charge on any atom is -0.493 e. The lowest BCUT2D eigenvalue weighted by Crippen LogP contribution is -1.96. The number of ether oxygens (including phenoxy) is 2. The summed E-state index contributed by atoms with van der Waals surface area (Å²) in [6, 6.07) is 13.3. The van der Waals surface area contributed by atoms with E-state index in [4.69, 9.17) is 32.7 Å². The molecule has 5 rings (SSSR count). The summed E-state index contributed by atoms with van der Waals surface area (Å²) in [4.78, 5) is 13.5. The number of pyridine rings is 3. The summed E-state index contributed by atoms with van der Waals surface area (Å²) in [5.41, 5.74) is 6.29. The molecule has 1 aromatic carbocycles. The summed E-state index contributed by atoms with van der Waals surface area (Å²) >= 11 is 13.8. The molecular weight excluding hydrogens is 499 g/mol. The summed E-state index contributed by atoms with van der Waals surface area (Å²) in [5.74, 6) is 1.08. The molecule has 0 aliphatic carbocycles.